The van der Waals surface area contributed by atoms with Crippen LogP contribution in [0.15, 0.2) is 24.3 Å². The molecule has 0 aliphatic carbocycles. The summed E-state index contributed by atoms with van der Waals surface area (Å²) < 4.78 is 31.5. The topological polar surface area (TPSA) is 55.4 Å². The predicted octanol–water partition coefficient (Wildman–Crippen LogP) is 4.08. The molecule has 1 amide bonds. The maximum absolute atomic E-state index is 13.5. The van der Waals surface area contributed by atoms with Gasteiger partial charge in [-0.2, -0.15) is 0 Å². The molecule has 4 nitrogen and oxygen atoms in total. The number of carbonyl (C=O) groups excluding carboxylic acids is 2. The smallest absolute Gasteiger partial charge is 0.349 e. The lowest BCUT2D eigenvalue weighted by Gasteiger charge is -2.13. The third-order valence-electron chi connectivity index (χ3n) is 3.44. The van der Waals surface area contributed by atoms with E-state index >= 15 is 0 Å². The summed E-state index contributed by atoms with van der Waals surface area (Å²) in [6.07, 6.45) is -0.315. The van der Waals surface area contributed by atoms with Crippen LogP contribution < -0.4 is 5.32 Å². The van der Waals surface area contributed by atoms with Crippen molar-refractivity contribution < 1.29 is 23.1 Å². The van der Waals surface area contributed by atoms with Gasteiger partial charge in [0.1, 0.15) is 16.5 Å². The van der Waals surface area contributed by atoms with E-state index in [4.69, 9.17) is 4.74 Å². The number of benzene rings is 1. The first-order valence-electron chi connectivity index (χ1n) is 7.38. The number of thiophene rings is 1. The fourth-order valence-corrected chi connectivity index (χ4v) is 3.07. The molecule has 7 heteroatoms. The third-order valence-corrected chi connectivity index (χ3v) is 4.52. The van der Waals surface area contributed by atoms with E-state index in [0.29, 0.717) is 10.9 Å². The molecule has 128 valence electrons. The maximum Gasteiger partial charge on any atom is 0.349 e. The molecule has 1 aromatic carbocycles. The summed E-state index contributed by atoms with van der Waals surface area (Å²) in [4.78, 5) is 25.5. The Morgan fingerprint density at radius 1 is 1.29 bits per heavy atom. The Kier molecular flexibility index (Phi) is 5.66. The van der Waals surface area contributed by atoms with Crippen molar-refractivity contribution in [2.75, 3.05) is 5.32 Å². The van der Waals surface area contributed by atoms with Gasteiger partial charge in [-0.1, -0.05) is 6.92 Å². The molecular weight excluding hydrogens is 336 g/mol. The van der Waals surface area contributed by atoms with Gasteiger partial charge >= 0.3 is 5.97 Å². The van der Waals surface area contributed by atoms with E-state index in [-0.39, 0.29) is 5.69 Å². The van der Waals surface area contributed by atoms with Crippen molar-refractivity contribution in [3.05, 3.63) is 51.2 Å². The quantitative estimate of drug-likeness (QED) is 0.824. The monoisotopic (exact) mass is 353 g/mol. The molecular formula is C17H17F2NO3S. The number of carbonyl (C=O) groups is 2. The van der Waals surface area contributed by atoms with Crippen molar-refractivity contribution >= 4 is 28.9 Å². The number of hydrogen-bond donors (Lipinski definition) is 1. The van der Waals surface area contributed by atoms with E-state index < -0.39 is 29.6 Å². The van der Waals surface area contributed by atoms with Gasteiger partial charge in [0.05, 0.1) is 5.69 Å². The average Bonchev–Trinajstić information content (AvgIpc) is 2.91. The van der Waals surface area contributed by atoms with Crippen LogP contribution in [-0.2, 0) is 16.0 Å². The Balaban J connectivity index is 2.01. The molecule has 1 N–H and O–H groups in total. The second-order valence-corrected chi connectivity index (χ2v) is 6.46. The van der Waals surface area contributed by atoms with Gasteiger partial charge in [-0.05, 0) is 44.0 Å². The van der Waals surface area contributed by atoms with E-state index in [1.54, 1.807) is 6.07 Å². The molecule has 0 spiro atoms. The summed E-state index contributed by atoms with van der Waals surface area (Å²) in [7, 11) is 0. The first-order chi connectivity index (χ1) is 11.3. The summed E-state index contributed by atoms with van der Waals surface area (Å²) in [6, 6.07) is 4.53. The van der Waals surface area contributed by atoms with Gasteiger partial charge in [-0.25, -0.2) is 13.6 Å². The standard InChI is InChI=1S/C17H17F2NO3S/c1-4-11-7-15(24-10(11)3)17(22)23-9(2)16(21)20-14-6-5-12(18)8-13(14)19/h5-9H,4H2,1-3H3,(H,20,21)/t9-/m0/s1. The zero-order chi connectivity index (χ0) is 17.9. The van der Waals surface area contributed by atoms with Crippen molar-refractivity contribution in [3.63, 3.8) is 0 Å². The Morgan fingerprint density at radius 2 is 2.00 bits per heavy atom. The molecule has 0 saturated heterocycles. The van der Waals surface area contributed by atoms with Gasteiger partial charge in [0.15, 0.2) is 6.10 Å². The average molecular weight is 353 g/mol. The fraction of sp³-hybridized carbons (Fsp3) is 0.294. The molecule has 0 bridgehead atoms. The second-order valence-electron chi connectivity index (χ2n) is 5.21. The molecule has 0 saturated carbocycles. The van der Waals surface area contributed by atoms with Crippen LogP contribution in [0.4, 0.5) is 14.5 Å². The number of halogens is 2. The maximum atomic E-state index is 13.5. The number of aryl methyl sites for hydroxylation is 2. The molecule has 2 aromatic rings. The van der Waals surface area contributed by atoms with Crippen molar-refractivity contribution in [2.45, 2.75) is 33.3 Å². The van der Waals surface area contributed by atoms with Crippen LogP contribution in [0.2, 0.25) is 0 Å². The van der Waals surface area contributed by atoms with Crippen LogP contribution in [0, 0.1) is 18.6 Å². The minimum Gasteiger partial charge on any atom is -0.448 e. The predicted molar refractivity (Wildman–Crippen MR) is 88.3 cm³/mol. The molecule has 0 fully saturated rings. The summed E-state index contributed by atoms with van der Waals surface area (Å²) in [5.74, 6) is -2.95. The normalized spacial score (nSPS) is 11.9. The first-order valence-corrected chi connectivity index (χ1v) is 8.19. The number of anilines is 1. The Hall–Kier alpha value is -2.28. The Labute approximate surface area is 142 Å². The van der Waals surface area contributed by atoms with Crippen molar-refractivity contribution in [3.8, 4) is 0 Å². The molecule has 0 aliphatic rings. The molecule has 1 aromatic heterocycles. The molecule has 0 radical (unpaired) electrons. The number of nitrogens with one attached hydrogen (secondary N) is 1. The summed E-state index contributed by atoms with van der Waals surface area (Å²) in [6.45, 7) is 5.28. The van der Waals surface area contributed by atoms with Gasteiger partial charge in [-0.15, -0.1) is 11.3 Å². The zero-order valence-corrected chi connectivity index (χ0v) is 14.3. The SMILES string of the molecule is CCc1cc(C(=O)O[C@@H](C)C(=O)Nc2ccc(F)cc2F)sc1C. The highest BCUT2D eigenvalue weighted by atomic mass is 32.1. The highest BCUT2D eigenvalue weighted by molar-refractivity contribution is 7.14. The van der Waals surface area contributed by atoms with Crippen molar-refractivity contribution in [1.82, 2.24) is 0 Å². The van der Waals surface area contributed by atoms with Crippen LogP contribution >= 0.6 is 11.3 Å². The summed E-state index contributed by atoms with van der Waals surface area (Å²) in [5.41, 5.74) is 0.877. The van der Waals surface area contributed by atoms with Crippen LogP contribution in [-0.4, -0.2) is 18.0 Å². The van der Waals surface area contributed by atoms with Crippen LogP contribution in [0.3, 0.4) is 0 Å². The van der Waals surface area contributed by atoms with E-state index in [1.165, 1.54) is 18.3 Å². The highest BCUT2D eigenvalue weighted by Crippen LogP contribution is 2.23. The van der Waals surface area contributed by atoms with E-state index in [0.717, 1.165) is 29.0 Å². The first kappa shape index (κ1) is 18.1. The largest absolute Gasteiger partial charge is 0.448 e. The van der Waals surface area contributed by atoms with Gasteiger partial charge in [0.2, 0.25) is 0 Å². The Morgan fingerprint density at radius 3 is 2.58 bits per heavy atom. The minimum absolute atomic E-state index is 0.176. The second kappa shape index (κ2) is 7.53. The van der Waals surface area contributed by atoms with E-state index in [1.807, 2.05) is 13.8 Å². The third kappa shape index (κ3) is 4.17. The number of ether oxygens (including phenoxy) is 1. The van der Waals surface area contributed by atoms with E-state index in [9.17, 15) is 18.4 Å². The van der Waals surface area contributed by atoms with Crippen LogP contribution in [0.25, 0.3) is 0 Å². The lowest BCUT2D eigenvalue weighted by Crippen LogP contribution is -2.30. The molecule has 0 unspecified atom stereocenters. The van der Waals surface area contributed by atoms with Crippen molar-refractivity contribution in [2.24, 2.45) is 0 Å². The molecule has 1 heterocycles. The molecule has 0 aliphatic heterocycles. The van der Waals surface area contributed by atoms with Gasteiger partial charge in [0, 0.05) is 10.9 Å². The van der Waals surface area contributed by atoms with Gasteiger partial charge < -0.3 is 10.1 Å². The van der Waals surface area contributed by atoms with Gasteiger partial charge in [-0.3, -0.25) is 4.79 Å². The van der Waals surface area contributed by atoms with E-state index in [2.05, 4.69) is 5.32 Å². The molecule has 24 heavy (non-hydrogen) atoms. The number of hydrogen-bond acceptors (Lipinski definition) is 4. The van der Waals surface area contributed by atoms with Gasteiger partial charge in [0.25, 0.3) is 5.91 Å². The van der Waals surface area contributed by atoms with Crippen LogP contribution in [0.1, 0.15) is 34.0 Å². The lowest BCUT2D eigenvalue weighted by molar-refractivity contribution is -0.123. The Bertz CT molecular complexity index is 773. The number of rotatable bonds is 5. The summed E-state index contributed by atoms with van der Waals surface area (Å²) >= 11 is 1.30. The number of amides is 1. The molecule has 2 rings (SSSR count). The van der Waals surface area contributed by atoms with Crippen molar-refractivity contribution in [1.29, 1.82) is 0 Å². The summed E-state index contributed by atoms with van der Waals surface area (Å²) in [5, 5.41) is 2.27. The number of esters is 1. The minimum atomic E-state index is -1.12. The fourth-order valence-electron chi connectivity index (χ4n) is 2.07. The zero-order valence-electron chi connectivity index (χ0n) is 13.5. The molecule has 1 atom stereocenters. The highest BCUT2D eigenvalue weighted by Gasteiger charge is 2.21. The lowest BCUT2D eigenvalue weighted by atomic mass is 10.2. The van der Waals surface area contributed by atoms with Crippen LogP contribution in [0.5, 0.6) is 0 Å².